The van der Waals surface area contributed by atoms with E-state index in [-0.39, 0.29) is 5.41 Å². The molecule has 0 radical (unpaired) electrons. The molecule has 0 saturated carbocycles. The normalized spacial score (nSPS) is 13.3. The van der Waals surface area contributed by atoms with E-state index in [0.717, 1.165) is 16.3 Å². The van der Waals surface area contributed by atoms with Crippen molar-refractivity contribution in [3.63, 3.8) is 0 Å². The van der Waals surface area contributed by atoms with E-state index in [9.17, 15) is 0 Å². The molecule has 0 atom stereocenters. The first kappa shape index (κ1) is 25.8. The third-order valence-electron chi connectivity index (χ3n) is 9.70. The highest BCUT2D eigenvalue weighted by atomic mass is 15.0. The molecule has 8 aromatic rings. The Bertz CT molecular complexity index is 2460. The largest absolute Gasteiger partial charge is 0.225 e. The first-order valence-electron chi connectivity index (χ1n) is 15.4. The summed E-state index contributed by atoms with van der Waals surface area (Å²) in [6.45, 7) is 4.69. The number of hydrogen-bond acceptors (Lipinski definition) is 3. The molecule has 0 amide bonds. The number of fused-ring (bicyclic) bond motifs is 6. The Morgan fingerprint density at radius 2 is 1.07 bits per heavy atom. The second-order valence-corrected chi connectivity index (χ2v) is 12.5. The van der Waals surface area contributed by atoms with Crippen molar-refractivity contribution in [1.29, 1.82) is 0 Å². The SMILES string of the molecule is CC1(C)c2ccccc2-c2c(-c3c4ccccc4c(-c4ncncn4)c4ccc(-c5ccc6ccccc6c5)cc34)cccc21. The number of benzene rings is 7. The van der Waals surface area contributed by atoms with Crippen LogP contribution in [0.25, 0.3) is 77.1 Å². The van der Waals surface area contributed by atoms with Gasteiger partial charge in [0.2, 0.25) is 0 Å². The van der Waals surface area contributed by atoms with Crippen LogP contribution in [-0.4, -0.2) is 15.0 Å². The summed E-state index contributed by atoms with van der Waals surface area (Å²) in [5.41, 5.74) is 11.2. The second kappa shape index (κ2) is 9.67. The predicted molar refractivity (Wildman–Crippen MR) is 186 cm³/mol. The molecule has 9 rings (SSSR count). The van der Waals surface area contributed by atoms with Crippen molar-refractivity contribution in [2.24, 2.45) is 0 Å². The lowest BCUT2D eigenvalue weighted by molar-refractivity contribution is 0.660. The molecule has 0 aliphatic heterocycles. The summed E-state index contributed by atoms with van der Waals surface area (Å²) in [4.78, 5) is 13.4. The number of hydrogen-bond donors (Lipinski definition) is 0. The number of aromatic nitrogens is 3. The molecule has 1 heterocycles. The summed E-state index contributed by atoms with van der Waals surface area (Å²) in [6, 6.07) is 46.6. The molecule has 1 aliphatic rings. The van der Waals surface area contributed by atoms with E-state index >= 15 is 0 Å². The van der Waals surface area contributed by atoms with E-state index in [1.165, 1.54) is 66.1 Å². The molecule has 1 aromatic heterocycles. The van der Waals surface area contributed by atoms with E-state index in [0.29, 0.717) is 5.82 Å². The quantitative estimate of drug-likeness (QED) is 0.197. The van der Waals surface area contributed by atoms with Gasteiger partial charge in [0, 0.05) is 11.0 Å². The zero-order valence-electron chi connectivity index (χ0n) is 25.1. The monoisotopic (exact) mass is 575 g/mol. The van der Waals surface area contributed by atoms with Crippen LogP contribution in [0.3, 0.4) is 0 Å². The van der Waals surface area contributed by atoms with E-state index < -0.39 is 0 Å². The molecule has 0 unspecified atom stereocenters. The highest BCUT2D eigenvalue weighted by molar-refractivity contribution is 6.22. The van der Waals surface area contributed by atoms with Gasteiger partial charge in [-0.2, -0.15) is 0 Å². The van der Waals surface area contributed by atoms with Gasteiger partial charge in [-0.3, -0.25) is 0 Å². The van der Waals surface area contributed by atoms with Crippen LogP contribution in [0.15, 0.2) is 140 Å². The van der Waals surface area contributed by atoms with Gasteiger partial charge in [-0.15, -0.1) is 0 Å². The maximum atomic E-state index is 4.65. The molecular weight excluding hydrogens is 546 g/mol. The summed E-state index contributed by atoms with van der Waals surface area (Å²) in [5, 5.41) is 7.11. The molecular formula is C42H29N3. The maximum absolute atomic E-state index is 4.65. The molecule has 7 aromatic carbocycles. The minimum Gasteiger partial charge on any atom is -0.225 e. The first-order chi connectivity index (χ1) is 22.1. The van der Waals surface area contributed by atoms with Crippen molar-refractivity contribution in [3.05, 3.63) is 151 Å². The highest BCUT2D eigenvalue weighted by Gasteiger charge is 2.37. The van der Waals surface area contributed by atoms with Crippen LogP contribution in [0.5, 0.6) is 0 Å². The van der Waals surface area contributed by atoms with E-state index in [2.05, 4.69) is 156 Å². The van der Waals surface area contributed by atoms with Gasteiger partial charge in [0.1, 0.15) is 12.7 Å². The molecule has 0 saturated heterocycles. The fraction of sp³-hybridized carbons (Fsp3) is 0.0714. The minimum absolute atomic E-state index is 0.0887. The van der Waals surface area contributed by atoms with Crippen molar-refractivity contribution in [2.75, 3.05) is 0 Å². The molecule has 0 fully saturated rings. The fourth-order valence-electron chi connectivity index (χ4n) is 7.59. The summed E-state index contributed by atoms with van der Waals surface area (Å²) in [7, 11) is 0. The van der Waals surface area contributed by atoms with Crippen LogP contribution in [0.1, 0.15) is 25.0 Å². The van der Waals surface area contributed by atoms with Crippen molar-refractivity contribution in [2.45, 2.75) is 19.3 Å². The van der Waals surface area contributed by atoms with Gasteiger partial charge in [-0.05, 0) is 89.0 Å². The smallest absolute Gasteiger partial charge is 0.163 e. The molecule has 0 N–H and O–H groups in total. The molecule has 3 nitrogen and oxygen atoms in total. The van der Waals surface area contributed by atoms with Crippen LogP contribution in [0.2, 0.25) is 0 Å². The van der Waals surface area contributed by atoms with Crippen LogP contribution in [0.4, 0.5) is 0 Å². The standard InChI is InChI=1S/C42H29N3/c1-42(2)36-16-8-7-14-33(36)39-34(15-9-17-37(39)42)38-30-12-5-6-13-31(30)40(41-44-24-43-25-45-41)32-21-20-29(23-35(32)38)28-19-18-26-10-3-4-11-27(26)22-28/h3-25H,1-2H3. The van der Waals surface area contributed by atoms with E-state index in [4.69, 9.17) is 0 Å². The molecule has 212 valence electrons. The Balaban J connectivity index is 1.43. The van der Waals surface area contributed by atoms with Crippen LogP contribution >= 0.6 is 0 Å². The number of rotatable bonds is 3. The van der Waals surface area contributed by atoms with E-state index in [1.54, 1.807) is 12.7 Å². The zero-order valence-corrected chi connectivity index (χ0v) is 25.1. The molecule has 45 heavy (non-hydrogen) atoms. The summed E-state index contributed by atoms with van der Waals surface area (Å²) < 4.78 is 0. The van der Waals surface area contributed by atoms with Gasteiger partial charge in [0.15, 0.2) is 5.82 Å². The average molecular weight is 576 g/mol. The molecule has 1 aliphatic carbocycles. The van der Waals surface area contributed by atoms with Gasteiger partial charge >= 0.3 is 0 Å². The Labute approximate surface area is 261 Å². The predicted octanol–water partition coefficient (Wildman–Crippen LogP) is 10.6. The maximum Gasteiger partial charge on any atom is 0.163 e. The van der Waals surface area contributed by atoms with Gasteiger partial charge < -0.3 is 0 Å². The lowest BCUT2D eigenvalue weighted by Gasteiger charge is -2.22. The van der Waals surface area contributed by atoms with Crippen molar-refractivity contribution in [3.8, 4) is 44.8 Å². The summed E-state index contributed by atoms with van der Waals surface area (Å²) >= 11 is 0. The zero-order chi connectivity index (χ0) is 30.1. The molecule has 3 heteroatoms. The third-order valence-corrected chi connectivity index (χ3v) is 9.70. The lowest BCUT2D eigenvalue weighted by atomic mass is 9.81. The van der Waals surface area contributed by atoms with Gasteiger partial charge in [0.25, 0.3) is 0 Å². The highest BCUT2D eigenvalue weighted by Crippen LogP contribution is 2.54. The second-order valence-electron chi connectivity index (χ2n) is 12.5. The van der Waals surface area contributed by atoms with Gasteiger partial charge in [-0.1, -0.05) is 129 Å². The van der Waals surface area contributed by atoms with Crippen molar-refractivity contribution >= 4 is 32.3 Å². The van der Waals surface area contributed by atoms with Crippen molar-refractivity contribution in [1.82, 2.24) is 15.0 Å². The molecule has 0 spiro atoms. The summed E-state index contributed by atoms with van der Waals surface area (Å²) in [5.74, 6) is 0.681. The van der Waals surface area contributed by atoms with Crippen molar-refractivity contribution < 1.29 is 0 Å². The van der Waals surface area contributed by atoms with Gasteiger partial charge in [0.05, 0.1) is 0 Å². The molecule has 0 bridgehead atoms. The Morgan fingerprint density at radius 1 is 0.444 bits per heavy atom. The first-order valence-corrected chi connectivity index (χ1v) is 15.4. The van der Waals surface area contributed by atoms with Crippen LogP contribution in [0, 0.1) is 0 Å². The Hall–Kier alpha value is -5.67. The number of nitrogens with zero attached hydrogens (tertiary/aromatic N) is 3. The van der Waals surface area contributed by atoms with E-state index in [1.807, 2.05) is 0 Å². The summed E-state index contributed by atoms with van der Waals surface area (Å²) in [6.07, 6.45) is 3.17. The average Bonchev–Trinajstić information content (AvgIpc) is 3.33. The third kappa shape index (κ3) is 3.80. The van der Waals surface area contributed by atoms with Crippen LogP contribution in [-0.2, 0) is 5.41 Å². The topological polar surface area (TPSA) is 38.7 Å². The lowest BCUT2D eigenvalue weighted by Crippen LogP contribution is -2.14. The fourth-order valence-corrected chi connectivity index (χ4v) is 7.59. The van der Waals surface area contributed by atoms with Crippen LogP contribution < -0.4 is 0 Å². The minimum atomic E-state index is -0.0887. The van der Waals surface area contributed by atoms with Gasteiger partial charge in [-0.25, -0.2) is 15.0 Å². The Morgan fingerprint density at radius 3 is 1.91 bits per heavy atom. The Kier molecular flexibility index (Phi) is 5.54.